The Morgan fingerprint density at radius 3 is 3.04 bits per heavy atom. The summed E-state index contributed by atoms with van der Waals surface area (Å²) in [6.07, 6.45) is 4.84. The maximum atomic E-state index is 12.1. The summed E-state index contributed by atoms with van der Waals surface area (Å²) in [5.41, 5.74) is 5.08. The van der Waals surface area contributed by atoms with E-state index < -0.39 is 0 Å². The van der Waals surface area contributed by atoms with Gasteiger partial charge in [0.05, 0.1) is 18.5 Å². The van der Waals surface area contributed by atoms with E-state index in [1.54, 1.807) is 24.5 Å². The molecule has 0 atom stereocenters. The highest BCUT2D eigenvalue weighted by molar-refractivity contribution is 5.94. The molecular formula is C18H17N5O2. The molecule has 2 aromatic heterocycles. The molecule has 3 aromatic rings. The summed E-state index contributed by atoms with van der Waals surface area (Å²) in [5, 5.41) is 10.8. The molecule has 0 aliphatic heterocycles. The maximum absolute atomic E-state index is 12.1. The van der Waals surface area contributed by atoms with Crippen molar-refractivity contribution in [3.05, 3.63) is 66.1 Å². The minimum Gasteiger partial charge on any atom is -0.494 e. The largest absolute Gasteiger partial charge is 0.494 e. The zero-order valence-corrected chi connectivity index (χ0v) is 13.6. The van der Waals surface area contributed by atoms with Crippen molar-refractivity contribution < 1.29 is 9.53 Å². The average molecular weight is 335 g/mol. The van der Waals surface area contributed by atoms with Crippen LogP contribution < -0.4 is 10.2 Å². The van der Waals surface area contributed by atoms with Gasteiger partial charge in [-0.05, 0) is 31.2 Å². The van der Waals surface area contributed by atoms with E-state index in [-0.39, 0.29) is 5.91 Å². The highest BCUT2D eigenvalue weighted by Crippen LogP contribution is 2.22. The fourth-order valence-electron chi connectivity index (χ4n) is 2.18. The summed E-state index contributed by atoms with van der Waals surface area (Å²) >= 11 is 0. The molecule has 0 spiro atoms. The Kier molecular flexibility index (Phi) is 5.16. The number of benzene rings is 1. The molecule has 7 nitrogen and oxygen atoms in total. The molecular weight excluding hydrogens is 318 g/mol. The molecule has 0 bridgehead atoms. The van der Waals surface area contributed by atoms with Gasteiger partial charge in [-0.3, -0.25) is 14.9 Å². The lowest BCUT2D eigenvalue weighted by Crippen LogP contribution is -2.18. The van der Waals surface area contributed by atoms with Crippen molar-refractivity contribution >= 4 is 12.1 Å². The lowest BCUT2D eigenvalue weighted by atomic mass is 10.1. The topological polar surface area (TPSA) is 92.3 Å². The number of H-pyrrole nitrogens is 1. The molecule has 126 valence electrons. The van der Waals surface area contributed by atoms with E-state index in [4.69, 9.17) is 4.74 Å². The molecule has 0 saturated carbocycles. The summed E-state index contributed by atoms with van der Waals surface area (Å²) < 4.78 is 5.48. The van der Waals surface area contributed by atoms with E-state index in [2.05, 4.69) is 25.7 Å². The quantitative estimate of drug-likeness (QED) is 0.535. The van der Waals surface area contributed by atoms with Gasteiger partial charge in [0, 0.05) is 23.5 Å². The number of hydrogen-bond donors (Lipinski definition) is 2. The zero-order valence-electron chi connectivity index (χ0n) is 13.6. The minimum atomic E-state index is -0.375. The molecule has 2 N–H and O–H groups in total. The van der Waals surface area contributed by atoms with Crippen LogP contribution >= 0.6 is 0 Å². The van der Waals surface area contributed by atoms with Crippen molar-refractivity contribution in [2.75, 3.05) is 6.61 Å². The zero-order chi connectivity index (χ0) is 17.5. The number of ether oxygens (including phenoxy) is 1. The van der Waals surface area contributed by atoms with E-state index in [0.29, 0.717) is 18.0 Å². The van der Waals surface area contributed by atoms with Crippen molar-refractivity contribution in [2.24, 2.45) is 5.10 Å². The second-order valence-electron chi connectivity index (χ2n) is 5.11. The van der Waals surface area contributed by atoms with Crippen LogP contribution in [-0.4, -0.2) is 33.9 Å². The molecule has 0 aliphatic carbocycles. The molecule has 3 rings (SSSR count). The number of carbonyl (C=O) groups excluding carboxylic acids is 1. The second-order valence-corrected chi connectivity index (χ2v) is 5.11. The highest BCUT2D eigenvalue weighted by Gasteiger charge is 2.10. The molecule has 0 fully saturated rings. The predicted octanol–water partition coefficient (Wildman–Crippen LogP) is 2.63. The lowest BCUT2D eigenvalue weighted by molar-refractivity contribution is 0.0950. The van der Waals surface area contributed by atoms with E-state index in [0.717, 1.165) is 16.9 Å². The van der Waals surface area contributed by atoms with Crippen LogP contribution in [0.3, 0.4) is 0 Å². The second kappa shape index (κ2) is 7.87. The van der Waals surface area contributed by atoms with Crippen molar-refractivity contribution in [3.8, 4) is 17.0 Å². The van der Waals surface area contributed by atoms with Gasteiger partial charge in [-0.1, -0.05) is 18.2 Å². The van der Waals surface area contributed by atoms with Crippen LogP contribution in [-0.2, 0) is 0 Å². The van der Waals surface area contributed by atoms with E-state index in [1.807, 2.05) is 37.3 Å². The van der Waals surface area contributed by atoms with Gasteiger partial charge in [0.15, 0.2) is 0 Å². The average Bonchev–Trinajstić information content (AvgIpc) is 3.13. The fraction of sp³-hybridized carbons (Fsp3) is 0.111. The number of aromatic nitrogens is 3. The first-order valence-electron chi connectivity index (χ1n) is 7.78. The van der Waals surface area contributed by atoms with E-state index in [9.17, 15) is 4.79 Å². The fourth-order valence-corrected chi connectivity index (χ4v) is 2.18. The molecule has 0 aliphatic rings. The third kappa shape index (κ3) is 4.29. The van der Waals surface area contributed by atoms with Crippen LogP contribution in [0.15, 0.2) is 60.0 Å². The highest BCUT2D eigenvalue weighted by atomic mass is 16.5. The summed E-state index contributed by atoms with van der Waals surface area (Å²) in [7, 11) is 0. The van der Waals surface area contributed by atoms with Crippen molar-refractivity contribution in [1.29, 1.82) is 0 Å². The number of nitrogens with zero attached hydrogens (tertiary/aromatic N) is 3. The lowest BCUT2D eigenvalue weighted by Gasteiger charge is -2.03. The van der Waals surface area contributed by atoms with Gasteiger partial charge in [0.1, 0.15) is 11.4 Å². The van der Waals surface area contributed by atoms with Gasteiger partial charge < -0.3 is 4.74 Å². The van der Waals surface area contributed by atoms with Crippen LogP contribution in [0.5, 0.6) is 5.75 Å². The number of hydrazone groups is 1. The Morgan fingerprint density at radius 1 is 1.32 bits per heavy atom. The summed E-state index contributed by atoms with van der Waals surface area (Å²) in [6.45, 7) is 2.52. The SMILES string of the molecule is CCOc1cccc(-c2cc(C(=O)NN=Cc3cccnc3)[nH]n2)c1. The summed E-state index contributed by atoms with van der Waals surface area (Å²) in [6, 6.07) is 12.8. The Balaban J connectivity index is 1.67. The predicted molar refractivity (Wildman–Crippen MR) is 94.5 cm³/mol. The third-order valence-corrected chi connectivity index (χ3v) is 3.33. The van der Waals surface area contributed by atoms with Crippen LogP contribution in [0.1, 0.15) is 23.0 Å². The number of aromatic amines is 1. The van der Waals surface area contributed by atoms with Crippen molar-refractivity contribution in [3.63, 3.8) is 0 Å². The molecule has 25 heavy (non-hydrogen) atoms. The minimum absolute atomic E-state index is 0.320. The van der Waals surface area contributed by atoms with Gasteiger partial charge in [-0.15, -0.1) is 0 Å². The molecule has 7 heteroatoms. The van der Waals surface area contributed by atoms with Gasteiger partial charge in [-0.25, -0.2) is 5.43 Å². The molecule has 0 unspecified atom stereocenters. The number of amides is 1. The number of rotatable bonds is 6. The number of pyridine rings is 1. The van der Waals surface area contributed by atoms with Gasteiger partial charge in [-0.2, -0.15) is 10.2 Å². The van der Waals surface area contributed by atoms with Crippen LogP contribution in [0.4, 0.5) is 0 Å². The van der Waals surface area contributed by atoms with Gasteiger partial charge >= 0.3 is 0 Å². The maximum Gasteiger partial charge on any atom is 0.289 e. The third-order valence-electron chi connectivity index (χ3n) is 3.33. The van der Waals surface area contributed by atoms with Crippen molar-refractivity contribution in [1.82, 2.24) is 20.6 Å². The summed E-state index contributed by atoms with van der Waals surface area (Å²) in [4.78, 5) is 16.1. The Bertz CT molecular complexity index is 874. The van der Waals surface area contributed by atoms with Crippen LogP contribution in [0.2, 0.25) is 0 Å². The van der Waals surface area contributed by atoms with Gasteiger partial charge in [0.25, 0.3) is 5.91 Å². The first kappa shape index (κ1) is 16.4. The molecule has 1 amide bonds. The standard InChI is InChI=1S/C18H17N5O2/c1-2-25-15-7-3-6-14(9-15)16-10-17(22-21-16)18(24)23-20-12-13-5-4-8-19-11-13/h3-12H,2H2,1H3,(H,21,22)(H,23,24). The molecule has 2 heterocycles. The normalized spacial score (nSPS) is 10.8. The van der Waals surface area contributed by atoms with E-state index >= 15 is 0 Å². The molecule has 0 radical (unpaired) electrons. The number of nitrogens with one attached hydrogen (secondary N) is 2. The smallest absolute Gasteiger partial charge is 0.289 e. The number of hydrogen-bond acceptors (Lipinski definition) is 5. The number of carbonyl (C=O) groups is 1. The Labute approximate surface area is 144 Å². The summed E-state index contributed by atoms with van der Waals surface area (Å²) in [5.74, 6) is 0.384. The van der Waals surface area contributed by atoms with Crippen molar-refractivity contribution in [2.45, 2.75) is 6.92 Å². The van der Waals surface area contributed by atoms with E-state index in [1.165, 1.54) is 6.21 Å². The Morgan fingerprint density at radius 2 is 2.24 bits per heavy atom. The Hall–Kier alpha value is -3.48. The first-order valence-corrected chi connectivity index (χ1v) is 7.78. The van der Waals surface area contributed by atoms with Crippen LogP contribution in [0, 0.1) is 0 Å². The molecule has 0 saturated heterocycles. The molecule has 1 aromatic carbocycles. The van der Waals surface area contributed by atoms with Gasteiger partial charge in [0.2, 0.25) is 0 Å². The monoisotopic (exact) mass is 335 g/mol. The van der Waals surface area contributed by atoms with Crippen LogP contribution in [0.25, 0.3) is 11.3 Å². The first-order chi connectivity index (χ1) is 12.3.